The van der Waals surface area contributed by atoms with Gasteiger partial charge in [-0.15, -0.1) is 0 Å². The number of nitrogens with one attached hydrogen (secondary N) is 1. The van der Waals surface area contributed by atoms with E-state index in [9.17, 15) is 4.57 Å². The summed E-state index contributed by atoms with van der Waals surface area (Å²) in [7, 11) is -3.39. The van der Waals surface area contributed by atoms with Crippen molar-refractivity contribution >= 4 is 7.82 Å². The summed E-state index contributed by atoms with van der Waals surface area (Å²) in [6, 6.07) is 0. The summed E-state index contributed by atoms with van der Waals surface area (Å²) in [5.74, 6) is 0. The number of rotatable bonds is 6. The summed E-state index contributed by atoms with van der Waals surface area (Å²) < 4.78 is 27.3. The van der Waals surface area contributed by atoms with Crippen LogP contribution in [0.3, 0.4) is 0 Å². The van der Waals surface area contributed by atoms with Gasteiger partial charge in [-0.2, -0.15) is 9.69 Å². The molecule has 0 aromatic heterocycles. The molecule has 1 saturated heterocycles. The van der Waals surface area contributed by atoms with Gasteiger partial charge in [0.25, 0.3) is 0 Å². The Hall–Kier alpha value is 0.0300. The molecule has 1 rings (SSSR count). The zero-order chi connectivity index (χ0) is 11.1. The molecular formula is C8H19N2O4P. The summed E-state index contributed by atoms with van der Waals surface area (Å²) in [5.41, 5.74) is 0. The van der Waals surface area contributed by atoms with Crippen LogP contribution in [0, 0.1) is 0 Å². The molecule has 0 bridgehead atoms. The van der Waals surface area contributed by atoms with Gasteiger partial charge in [0.05, 0.1) is 13.2 Å². The lowest BCUT2D eigenvalue weighted by Gasteiger charge is -2.28. The highest BCUT2D eigenvalue weighted by Gasteiger charge is 2.29. The van der Waals surface area contributed by atoms with Crippen LogP contribution in [0.4, 0.5) is 0 Å². The Balaban J connectivity index is 2.45. The van der Waals surface area contributed by atoms with Gasteiger partial charge in [0.1, 0.15) is 0 Å². The monoisotopic (exact) mass is 238 g/mol. The standard InChI is InChI=1S/C8H19N2O4P/c1-3-12-15(11,13-4-2)14-10-7-5-9-6-8-10/h9H,3-8H2,1-2H3. The molecule has 1 heterocycles. The normalized spacial score (nSPS) is 19.3. The van der Waals surface area contributed by atoms with Crippen molar-refractivity contribution in [2.24, 2.45) is 0 Å². The quantitative estimate of drug-likeness (QED) is 0.697. The fourth-order valence-corrected chi connectivity index (χ4v) is 2.52. The molecule has 0 aliphatic carbocycles. The molecule has 0 amide bonds. The minimum Gasteiger partial charge on any atom is -0.314 e. The van der Waals surface area contributed by atoms with Gasteiger partial charge >= 0.3 is 7.82 Å². The summed E-state index contributed by atoms with van der Waals surface area (Å²) >= 11 is 0. The van der Waals surface area contributed by atoms with Crippen LogP contribution >= 0.6 is 7.82 Å². The van der Waals surface area contributed by atoms with E-state index in [4.69, 9.17) is 13.7 Å². The molecule has 0 atom stereocenters. The van der Waals surface area contributed by atoms with E-state index in [1.165, 1.54) is 0 Å². The molecule has 0 radical (unpaired) electrons. The molecule has 6 nitrogen and oxygen atoms in total. The van der Waals surface area contributed by atoms with Crippen LogP contribution in [0.5, 0.6) is 0 Å². The second-order valence-corrected chi connectivity index (χ2v) is 4.62. The Kier molecular flexibility index (Phi) is 5.74. The molecule has 15 heavy (non-hydrogen) atoms. The Morgan fingerprint density at radius 2 is 1.73 bits per heavy atom. The van der Waals surface area contributed by atoms with Crippen molar-refractivity contribution in [2.75, 3.05) is 39.4 Å². The molecule has 0 spiro atoms. The van der Waals surface area contributed by atoms with Crippen molar-refractivity contribution in [3.8, 4) is 0 Å². The van der Waals surface area contributed by atoms with Crippen molar-refractivity contribution in [3.05, 3.63) is 0 Å². The minimum absolute atomic E-state index is 0.309. The molecular weight excluding hydrogens is 219 g/mol. The fourth-order valence-electron chi connectivity index (χ4n) is 1.27. The SMILES string of the molecule is CCOP(=O)(OCC)ON1CCNCC1. The molecule has 0 aromatic carbocycles. The molecule has 0 unspecified atom stereocenters. The first-order valence-corrected chi connectivity index (χ1v) is 6.70. The van der Waals surface area contributed by atoms with Crippen LogP contribution in [-0.4, -0.2) is 44.5 Å². The van der Waals surface area contributed by atoms with Crippen LogP contribution in [0.2, 0.25) is 0 Å². The summed E-state index contributed by atoms with van der Waals surface area (Å²) in [6.07, 6.45) is 0. The van der Waals surface area contributed by atoms with Crippen LogP contribution < -0.4 is 5.32 Å². The summed E-state index contributed by atoms with van der Waals surface area (Å²) in [6.45, 7) is 7.14. The number of hydroxylamine groups is 2. The molecule has 1 aliphatic rings. The molecule has 0 saturated carbocycles. The first kappa shape index (κ1) is 13.1. The molecule has 1 N–H and O–H groups in total. The first-order chi connectivity index (χ1) is 7.20. The molecule has 1 aliphatic heterocycles. The van der Waals surface area contributed by atoms with Crippen molar-refractivity contribution in [1.29, 1.82) is 0 Å². The molecule has 90 valence electrons. The average molecular weight is 238 g/mol. The topological polar surface area (TPSA) is 60.0 Å². The maximum Gasteiger partial charge on any atom is 0.491 e. The van der Waals surface area contributed by atoms with Gasteiger partial charge in [-0.25, -0.2) is 4.57 Å². The van der Waals surface area contributed by atoms with E-state index >= 15 is 0 Å². The lowest BCUT2D eigenvalue weighted by Crippen LogP contribution is -2.42. The van der Waals surface area contributed by atoms with Gasteiger partial charge in [-0.3, -0.25) is 9.05 Å². The Morgan fingerprint density at radius 1 is 1.20 bits per heavy atom. The van der Waals surface area contributed by atoms with Crippen LogP contribution in [0.15, 0.2) is 0 Å². The average Bonchev–Trinajstić information content (AvgIpc) is 2.19. The highest BCUT2D eigenvalue weighted by Crippen LogP contribution is 2.49. The van der Waals surface area contributed by atoms with E-state index in [0.29, 0.717) is 26.3 Å². The molecule has 1 fully saturated rings. The van der Waals surface area contributed by atoms with Gasteiger partial charge in [-0.1, -0.05) is 0 Å². The second-order valence-electron chi connectivity index (χ2n) is 3.04. The number of nitrogens with zero attached hydrogens (tertiary/aromatic N) is 1. The predicted octanol–water partition coefficient (Wildman–Crippen LogP) is 1.00. The van der Waals surface area contributed by atoms with Crippen LogP contribution in [-0.2, 0) is 18.2 Å². The largest absolute Gasteiger partial charge is 0.491 e. The van der Waals surface area contributed by atoms with Crippen molar-refractivity contribution < 1.29 is 18.2 Å². The van der Waals surface area contributed by atoms with E-state index in [1.807, 2.05) is 0 Å². The third-order valence-corrected chi connectivity index (χ3v) is 3.45. The van der Waals surface area contributed by atoms with E-state index in [2.05, 4.69) is 5.32 Å². The minimum atomic E-state index is -3.39. The third-order valence-electron chi connectivity index (χ3n) is 1.87. The maximum atomic E-state index is 12.0. The lowest BCUT2D eigenvalue weighted by molar-refractivity contribution is -0.0976. The Bertz CT molecular complexity index is 211. The van der Waals surface area contributed by atoms with E-state index in [1.54, 1.807) is 18.9 Å². The summed E-state index contributed by atoms with van der Waals surface area (Å²) in [4.78, 5) is 0. The zero-order valence-corrected chi connectivity index (χ0v) is 10.2. The highest BCUT2D eigenvalue weighted by molar-refractivity contribution is 7.48. The first-order valence-electron chi connectivity index (χ1n) is 5.24. The zero-order valence-electron chi connectivity index (χ0n) is 9.27. The Labute approximate surface area is 90.4 Å². The third kappa shape index (κ3) is 4.59. The maximum absolute atomic E-state index is 12.0. The van der Waals surface area contributed by atoms with Gasteiger partial charge in [0, 0.05) is 26.2 Å². The number of hydrogen-bond acceptors (Lipinski definition) is 6. The van der Waals surface area contributed by atoms with E-state index in [-0.39, 0.29) is 0 Å². The predicted molar refractivity (Wildman–Crippen MR) is 56.4 cm³/mol. The van der Waals surface area contributed by atoms with Crippen molar-refractivity contribution in [1.82, 2.24) is 10.4 Å². The van der Waals surface area contributed by atoms with Gasteiger partial charge in [0.15, 0.2) is 0 Å². The number of phosphoric ester groups is 1. The van der Waals surface area contributed by atoms with Crippen molar-refractivity contribution in [2.45, 2.75) is 13.8 Å². The number of hydrogen-bond donors (Lipinski definition) is 1. The van der Waals surface area contributed by atoms with Gasteiger partial charge in [-0.05, 0) is 13.8 Å². The second kappa shape index (κ2) is 6.58. The summed E-state index contributed by atoms with van der Waals surface area (Å²) in [5, 5.41) is 4.80. The molecule has 0 aromatic rings. The van der Waals surface area contributed by atoms with Gasteiger partial charge < -0.3 is 5.32 Å². The van der Waals surface area contributed by atoms with Gasteiger partial charge in [0.2, 0.25) is 0 Å². The smallest absolute Gasteiger partial charge is 0.314 e. The van der Waals surface area contributed by atoms with Crippen LogP contribution in [0.25, 0.3) is 0 Å². The lowest BCUT2D eigenvalue weighted by atomic mass is 10.4. The van der Waals surface area contributed by atoms with Crippen molar-refractivity contribution in [3.63, 3.8) is 0 Å². The number of phosphoric acid groups is 1. The highest BCUT2D eigenvalue weighted by atomic mass is 31.2. The van der Waals surface area contributed by atoms with Crippen LogP contribution in [0.1, 0.15) is 13.8 Å². The Morgan fingerprint density at radius 3 is 2.20 bits per heavy atom. The molecule has 7 heteroatoms. The van der Waals surface area contributed by atoms with E-state index < -0.39 is 7.82 Å². The number of piperazine rings is 1. The van der Waals surface area contributed by atoms with E-state index in [0.717, 1.165) is 13.1 Å². The fraction of sp³-hybridized carbons (Fsp3) is 1.00.